The lowest BCUT2D eigenvalue weighted by Gasteiger charge is -2.22. The third-order valence-electron chi connectivity index (χ3n) is 4.10. The molecule has 21 heavy (non-hydrogen) atoms. The Morgan fingerprint density at radius 2 is 1.95 bits per heavy atom. The summed E-state index contributed by atoms with van der Waals surface area (Å²) in [7, 11) is 1.54. The first-order valence-electron chi connectivity index (χ1n) is 6.67. The van der Waals surface area contributed by atoms with Crippen molar-refractivity contribution in [2.45, 2.75) is 18.4 Å². The molecule has 1 N–H and O–H groups in total. The fourth-order valence-electron chi connectivity index (χ4n) is 2.94. The highest BCUT2D eigenvalue weighted by Crippen LogP contribution is 2.38. The van der Waals surface area contributed by atoms with Gasteiger partial charge < -0.3 is 14.4 Å². The minimum absolute atomic E-state index is 0.281. The van der Waals surface area contributed by atoms with Gasteiger partial charge in [-0.3, -0.25) is 9.59 Å². The van der Waals surface area contributed by atoms with Crippen LogP contribution in [0.4, 0.5) is 0 Å². The summed E-state index contributed by atoms with van der Waals surface area (Å²) in [6, 6.07) is 10.0. The van der Waals surface area contributed by atoms with Crippen LogP contribution in [-0.2, 0) is 16.8 Å². The number of aryl methyl sites for hydroxylation is 1. The molecule has 1 atom stereocenters. The van der Waals surface area contributed by atoms with Gasteiger partial charge in [-0.25, -0.2) is 0 Å². The Hall–Kier alpha value is -2.56. The van der Waals surface area contributed by atoms with Crippen LogP contribution >= 0.6 is 0 Å². The van der Waals surface area contributed by atoms with Crippen LogP contribution in [0.5, 0.6) is 5.75 Å². The van der Waals surface area contributed by atoms with Gasteiger partial charge in [-0.05, 0) is 42.8 Å². The van der Waals surface area contributed by atoms with E-state index in [0.29, 0.717) is 23.6 Å². The van der Waals surface area contributed by atoms with E-state index in [4.69, 9.17) is 4.74 Å². The minimum Gasteiger partial charge on any atom is -0.497 e. The number of ether oxygens (including phenoxy) is 1. The van der Waals surface area contributed by atoms with Crippen molar-refractivity contribution < 1.29 is 19.4 Å². The van der Waals surface area contributed by atoms with Crippen LogP contribution in [0.15, 0.2) is 42.6 Å². The van der Waals surface area contributed by atoms with Gasteiger partial charge in [0.2, 0.25) is 0 Å². The summed E-state index contributed by atoms with van der Waals surface area (Å²) in [6.45, 7) is 0.538. The van der Waals surface area contributed by atoms with Crippen LogP contribution in [0.1, 0.15) is 22.5 Å². The van der Waals surface area contributed by atoms with Crippen molar-refractivity contribution in [3.05, 3.63) is 53.9 Å². The predicted octanol–water partition coefficient (Wildman–Crippen LogP) is 2.11. The SMILES string of the molecule is COc1ccc(C(=O)C2(C(=O)O)CCn3cccc32)cc1. The summed E-state index contributed by atoms with van der Waals surface area (Å²) in [5, 5.41) is 9.70. The van der Waals surface area contributed by atoms with E-state index in [1.165, 1.54) is 0 Å². The van der Waals surface area contributed by atoms with E-state index in [-0.39, 0.29) is 12.2 Å². The van der Waals surface area contributed by atoms with Gasteiger partial charge in [0.05, 0.1) is 7.11 Å². The number of carbonyl (C=O) groups excluding carboxylic acids is 1. The third kappa shape index (κ3) is 1.85. The van der Waals surface area contributed by atoms with E-state index in [1.807, 2.05) is 4.57 Å². The van der Waals surface area contributed by atoms with Crippen molar-refractivity contribution in [1.82, 2.24) is 4.57 Å². The zero-order valence-electron chi connectivity index (χ0n) is 11.6. The second kappa shape index (κ2) is 4.77. The average molecular weight is 285 g/mol. The molecule has 0 radical (unpaired) electrons. The number of aromatic nitrogens is 1. The molecule has 0 bridgehead atoms. The Kier molecular flexibility index (Phi) is 3.05. The second-order valence-corrected chi connectivity index (χ2v) is 5.10. The fourth-order valence-corrected chi connectivity index (χ4v) is 2.94. The van der Waals surface area contributed by atoms with E-state index in [1.54, 1.807) is 49.7 Å². The molecule has 1 aromatic carbocycles. The molecule has 3 rings (SSSR count). The fraction of sp³-hybridized carbons (Fsp3) is 0.250. The maximum atomic E-state index is 12.8. The summed E-state index contributed by atoms with van der Waals surface area (Å²) in [6.07, 6.45) is 2.09. The van der Waals surface area contributed by atoms with E-state index >= 15 is 0 Å². The first-order chi connectivity index (χ1) is 10.1. The Morgan fingerprint density at radius 1 is 1.24 bits per heavy atom. The van der Waals surface area contributed by atoms with Gasteiger partial charge in [-0.15, -0.1) is 0 Å². The van der Waals surface area contributed by atoms with E-state index in [0.717, 1.165) is 0 Å². The summed E-state index contributed by atoms with van der Waals surface area (Å²) < 4.78 is 6.89. The smallest absolute Gasteiger partial charge is 0.323 e. The molecule has 0 fully saturated rings. The number of methoxy groups -OCH3 is 1. The quantitative estimate of drug-likeness (QED) is 0.690. The lowest BCUT2D eigenvalue weighted by molar-refractivity contribution is -0.141. The molecule has 0 amide bonds. The topological polar surface area (TPSA) is 68.5 Å². The highest BCUT2D eigenvalue weighted by molar-refractivity contribution is 6.16. The Balaban J connectivity index is 2.07. The molecule has 1 aliphatic rings. The standard InChI is InChI=1S/C16H15NO4/c1-21-12-6-4-11(5-7-12)14(18)16(15(19)20)8-10-17-9-2-3-13(16)17/h2-7,9H,8,10H2,1H3,(H,19,20). The molecule has 2 heterocycles. The molecule has 2 aromatic rings. The lowest BCUT2D eigenvalue weighted by Crippen LogP contribution is -2.42. The number of rotatable bonds is 4. The zero-order chi connectivity index (χ0) is 15.0. The van der Waals surface area contributed by atoms with Crippen LogP contribution in [0.3, 0.4) is 0 Å². The Labute approximate surface area is 121 Å². The molecule has 5 nitrogen and oxygen atoms in total. The molecule has 0 saturated carbocycles. The van der Waals surface area contributed by atoms with Crippen LogP contribution in [0, 0.1) is 0 Å². The van der Waals surface area contributed by atoms with Gasteiger partial charge in [0.15, 0.2) is 11.2 Å². The van der Waals surface area contributed by atoms with Crippen LogP contribution < -0.4 is 4.74 Å². The van der Waals surface area contributed by atoms with Crippen molar-refractivity contribution >= 4 is 11.8 Å². The molecule has 0 saturated heterocycles. The molecule has 0 aliphatic carbocycles. The van der Waals surface area contributed by atoms with Crippen LogP contribution in [0.25, 0.3) is 0 Å². The van der Waals surface area contributed by atoms with Crippen molar-refractivity contribution in [3.8, 4) is 5.75 Å². The summed E-state index contributed by atoms with van der Waals surface area (Å²) in [5.74, 6) is -0.846. The Morgan fingerprint density at radius 3 is 2.57 bits per heavy atom. The van der Waals surface area contributed by atoms with Gasteiger partial charge in [0.1, 0.15) is 5.75 Å². The van der Waals surface area contributed by atoms with Crippen LogP contribution in [-0.4, -0.2) is 28.5 Å². The summed E-state index contributed by atoms with van der Waals surface area (Å²) >= 11 is 0. The summed E-state index contributed by atoms with van der Waals surface area (Å²) in [5.41, 5.74) is -0.554. The third-order valence-corrected chi connectivity index (χ3v) is 4.10. The number of nitrogens with zero attached hydrogens (tertiary/aromatic N) is 1. The van der Waals surface area contributed by atoms with Crippen molar-refractivity contribution in [3.63, 3.8) is 0 Å². The number of carboxylic acid groups (broad SMARTS) is 1. The van der Waals surface area contributed by atoms with Gasteiger partial charge in [0.25, 0.3) is 0 Å². The number of hydrogen-bond donors (Lipinski definition) is 1. The van der Waals surface area contributed by atoms with Gasteiger partial charge in [-0.2, -0.15) is 0 Å². The van der Waals surface area contributed by atoms with E-state index in [2.05, 4.69) is 0 Å². The number of carboxylic acids is 1. The minimum atomic E-state index is -1.49. The van der Waals surface area contributed by atoms with Gasteiger partial charge in [0, 0.05) is 24.0 Å². The highest BCUT2D eigenvalue weighted by atomic mass is 16.5. The molecular weight excluding hydrogens is 270 g/mol. The van der Waals surface area contributed by atoms with Crippen molar-refractivity contribution in [1.29, 1.82) is 0 Å². The second-order valence-electron chi connectivity index (χ2n) is 5.10. The monoisotopic (exact) mass is 285 g/mol. The normalized spacial score (nSPS) is 20.0. The first kappa shape index (κ1) is 13.4. The number of carbonyl (C=O) groups is 2. The first-order valence-corrected chi connectivity index (χ1v) is 6.67. The number of ketones is 1. The van der Waals surface area contributed by atoms with Crippen LogP contribution in [0.2, 0.25) is 0 Å². The van der Waals surface area contributed by atoms with Gasteiger partial charge >= 0.3 is 5.97 Å². The molecule has 1 aliphatic heterocycles. The number of Topliss-reactive ketones (excluding diaryl/α,β-unsaturated/α-hetero) is 1. The lowest BCUT2D eigenvalue weighted by atomic mass is 9.76. The largest absolute Gasteiger partial charge is 0.497 e. The number of fused-ring (bicyclic) bond motifs is 1. The molecule has 0 spiro atoms. The number of aliphatic carboxylic acids is 1. The number of hydrogen-bond acceptors (Lipinski definition) is 3. The summed E-state index contributed by atoms with van der Waals surface area (Å²) in [4.78, 5) is 24.7. The van der Waals surface area contributed by atoms with Crippen molar-refractivity contribution in [2.24, 2.45) is 0 Å². The average Bonchev–Trinajstić information content (AvgIpc) is 3.08. The molecular formula is C16H15NO4. The van der Waals surface area contributed by atoms with E-state index < -0.39 is 11.4 Å². The molecule has 1 unspecified atom stereocenters. The highest BCUT2D eigenvalue weighted by Gasteiger charge is 2.52. The molecule has 1 aromatic heterocycles. The zero-order valence-corrected chi connectivity index (χ0v) is 11.6. The number of benzene rings is 1. The van der Waals surface area contributed by atoms with Gasteiger partial charge in [-0.1, -0.05) is 0 Å². The van der Waals surface area contributed by atoms with E-state index in [9.17, 15) is 14.7 Å². The maximum Gasteiger partial charge on any atom is 0.323 e. The Bertz CT molecular complexity index is 701. The maximum absolute atomic E-state index is 12.8. The molecule has 5 heteroatoms. The molecule has 108 valence electrons. The van der Waals surface area contributed by atoms with Crippen molar-refractivity contribution in [2.75, 3.05) is 7.11 Å². The predicted molar refractivity (Wildman–Crippen MR) is 75.7 cm³/mol.